The Hall–Kier alpha value is -0.700. The van der Waals surface area contributed by atoms with E-state index in [1.165, 1.54) is 0 Å². The van der Waals surface area contributed by atoms with Crippen molar-refractivity contribution >= 4 is 0 Å². The van der Waals surface area contributed by atoms with Crippen molar-refractivity contribution in [1.29, 1.82) is 0 Å². The third kappa shape index (κ3) is 1.53. The normalized spacial score (nSPS) is 29.3. The van der Waals surface area contributed by atoms with Gasteiger partial charge in [-0.05, 0) is 20.4 Å². The molecule has 74 valence electrons. The van der Waals surface area contributed by atoms with E-state index in [9.17, 15) is 0 Å². The quantitative estimate of drug-likeness (QED) is 0.599. The molecule has 2 saturated heterocycles. The second-order valence-corrected chi connectivity index (χ2v) is 4.14. The second kappa shape index (κ2) is 3.22. The fourth-order valence-electron chi connectivity index (χ4n) is 2.09. The minimum absolute atomic E-state index is 0.545. The van der Waals surface area contributed by atoms with E-state index in [1.54, 1.807) is 0 Å². The van der Waals surface area contributed by atoms with E-state index in [2.05, 4.69) is 30.2 Å². The second-order valence-electron chi connectivity index (χ2n) is 4.14. The fraction of sp³-hybridized carbons (Fsp3) is 0.800. The molecule has 0 N–H and O–H groups in total. The van der Waals surface area contributed by atoms with Gasteiger partial charge in [-0.3, -0.25) is 4.90 Å². The molecular formula is C10H18N2O. The molecule has 3 heteroatoms. The largest absolute Gasteiger partial charge is 0.477 e. The first-order chi connectivity index (χ1) is 6.18. The molecule has 2 fully saturated rings. The lowest BCUT2D eigenvalue weighted by molar-refractivity contribution is 0.101. The molecule has 2 aliphatic heterocycles. The Morgan fingerprint density at radius 1 is 1.46 bits per heavy atom. The number of nitrogens with zero attached hydrogens (tertiary/aromatic N) is 2. The maximum atomic E-state index is 5.43. The summed E-state index contributed by atoms with van der Waals surface area (Å²) in [5, 5.41) is 0. The van der Waals surface area contributed by atoms with Gasteiger partial charge in [-0.25, -0.2) is 0 Å². The lowest BCUT2D eigenvalue weighted by Crippen LogP contribution is -2.52. The van der Waals surface area contributed by atoms with Gasteiger partial charge in [0.15, 0.2) is 5.88 Å². The highest BCUT2D eigenvalue weighted by atomic mass is 16.5. The van der Waals surface area contributed by atoms with Gasteiger partial charge in [-0.15, -0.1) is 0 Å². The van der Waals surface area contributed by atoms with Gasteiger partial charge in [-0.2, -0.15) is 0 Å². The van der Waals surface area contributed by atoms with Crippen LogP contribution < -0.4 is 0 Å². The molecule has 0 aromatic carbocycles. The van der Waals surface area contributed by atoms with E-state index in [4.69, 9.17) is 4.74 Å². The molecule has 1 unspecified atom stereocenters. The van der Waals surface area contributed by atoms with E-state index < -0.39 is 0 Å². The van der Waals surface area contributed by atoms with E-state index in [0.717, 1.165) is 32.1 Å². The smallest absolute Gasteiger partial charge is 0.182 e. The first kappa shape index (κ1) is 8.88. The summed E-state index contributed by atoms with van der Waals surface area (Å²) in [7, 11) is 0. The molecular weight excluding hydrogens is 164 g/mol. The zero-order valence-corrected chi connectivity index (χ0v) is 8.49. The Morgan fingerprint density at radius 3 is 2.92 bits per heavy atom. The van der Waals surface area contributed by atoms with Gasteiger partial charge in [0.25, 0.3) is 0 Å². The molecule has 0 saturated carbocycles. The molecule has 0 aromatic rings. The van der Waals surface area contributed by atoms with Crippen LogP contribution in [0.5, 0.6) is 0 Å². The first-order valence-electron chi connectivity index (χ1n) is 5.01. The van der Waals surface area contributed by atoms with Gasteiger partial charge in [0.2, 0.25) is 0 Å². The number of hydrogen-bond acceptors (Lipinski definition) is 3. The monoisotopic (exact) mass is 182 g/mol. The van der Waals surface area contributed by atoms with Gasteiger partial charge in [0.1, 0.15) is 6.61 Å². The van der Waals surface area contributed by atoms with Gasteiger partial charge >= 0.3 is 0 Å². The van der Waals surface area contributed by atoms with Crippen molar-refractivity contribution in [2.75, 3.05) is 26.2 Å². The molecule has 0 aromatic heterocycles. The number of rotatable bonds is 1. The van der Waals surface area contributed by atoms with Crippen LogP contribution in [-0.2, 0) is 4.74 Å². The number of fused-ring (bicyclic) bond motifs is 1. The molecule has 2 rings (SSSR count). The summed E-state index contributed by atoms with van der Waals surface area (Å²) in [5.74, 6) is 0.869. The predicted octanol–water partition coefficient (Wildman–Crippen LogP) is 0.882. The summed E-state index contributed by atoms with van der Waals surface area (Å²) in [6.07, 6.45) is 0. The molecule has 3 nitrogen and oxygen atoms in total. The van der Waals surface area contributed by atoms with Crippen molar-refractivity contribution in [2.24, 2.45) is 0 Å². The molecule has 0 aliphatic carbocycles. The number of hydrogen-bond donors (Lipinski definition) is 0. The van der Waals surface area contributed by atoms with Gasteiger partial charge in [-0.1, -0.05) is 0 Å². The van der Waals surface area contributed by atoms with Crippen molar-refractivity contribution in [3.05, 3.63) is 12.5 Å². The summed E-state index contributed by atoms with van der Waals surface area (Å²) in [5.41, 5.74) is 0. The Balaban J connectivity index is 1.99. The molecule has 0 spiro atoms. The summed E-state index contributed by atoms with van der Waals surface area (Å²) >= 11 is 0. The first-order valence-corrected chi connectivity index (χ1v) is 5.01. The highest BCUT2D eigenvalue weighted by Gasteiger charge is 2.34. The van der Waals surface area contributed by atoms with Crippen molar-refractivity contribution in [1.82, 2.24) is 9.80 Å². The van der Waals surface area contributed by atoms with Gasteiger partial charge in [0.05, 0.1) is 6.04 Å². The molecule has 13 heavy (non-hydrogen) atoms. The Bertz CT molecular complexity index is 215. The van der Waals surface area contributed by atoms with E-state index >= 15 is 0 Å². The lowest BCUT2D eigenvalue weighted by Gasteiger charge is -2.38. The van der Waals surface area contributed by atoms with Crippen molar-refractivity contribution in [3.8, 4) is 0 Å². The van der Waals surface area contributed by atoms with Crippen molar-refractivity contribution in [3.63, 3.8) is 0 Å². The molecule has 0 amide bonds. The zero-order valence-electron chi connectivity index (χ0n) is 8.49. The van der Waals surface area contributed by atoms with Crippen LogP contribution >= 0.6 is 0 Å². The number of piperazine rings is 1. The molecule has 0 bridgehead atoms. The van der Waals surface area contributed by atoms with Crippen LogP contribution in [0.2, 0.25) is 0 Å². The average molecular weight is 182 g/mol. The Kier molecular flexibility index (Phi) is 2.20. The van der Waals surface area contributed by atoms with Crippen LogP contribution in [0.3, 0.4) is 0 Å². The Morgan fingerprint density at radius 2 is 2.23 bits per heavy atom. The van der Waals surface area contributed by atoms with E-state index in [1.807, 2.05) is 0 Å². The summed E-state index contributed by atoms with van der Waals surface area (Å²) in [6, 6.07) is 1.19. The summed E-state index contributed by atoms with van der Waals surface area (Å²) in [4.78, 5) is 4.79. The standard InChI is InChI=1S/C10H18N2O/c1-8(2)11-4-5-12-9(3)13-7-10(12)6-11/h8,10H,3-7H2,1-2H3. The van der Waals surface area contributed by atoms with Crippen LogP contribution in [0.1, 0.15) is 13.8 Å². The maximum absolute atomic E-state index is 5.43. The topological polar surface area (TPSA) is 15.7 Å². The minimum atomic E-state index is 0.545. The SMILES string of the molecule is C=C1OCC2CN(C(C)C)CCN12. The minimum Gasteiger partial charge on any atom is -0.477 e. The van der Waals surface area contributed by atoms with E-state index in [0.29, 0.717) is 12.1 Å². The summed E-state index contributed by atoms with van der Waals surface area (Å²) < 4.78 is 5.43. The van der Waals surface area contributed by atoms with Crippen molar-refractivity contribution in [2.45, 2.75) is 25.9 Å². The van der Waals surface area contributed by atoms with Crippen LogP contribution in [0, 0.1) is 0 Å². The molecule has 2 aliphatic rings. The highest BCUT2D eigenvalue weighted by molar-refractivity contribution is 4.99. The molecule has 0 radical (unpaired) electrons. The third-order valence-corrected chi connectivity index (χ3v) is 3.01. The van der Waals surface area contributed by atoms with Gasteiger partial charge in [0, 0.05) is 25.7 Å². The van der Waals surface area contributed by atoms with Crippen LogP contribution in [0.4, 0.5) is 0 Å². The van der Waals surface area contributed by atoms with Gasteiger partial charge < -0.3 is 9.64 Å². The van der Waals surface area contributed by atoms with Crippen LogP contribution in [0.15, 0.2) is 12.5 Å². The summed E-state index contributed by atoms with van der Waals surface area (Å²) in [6.45, 7) is 12.5. The lowest BCUT2D eigenvalue weighted by atomic mass is 10.1. The Labute approximate surface area is 80.0 Å². The zero-order chi connectivity index (χ0) is 9.42. The van der Waals surface area contributed by atoms with Crippen molar-refractivity contribution < 1.29 is 4.74 Å². The van der Waals surface area contributed by atoms with Crippen LogP contribution in [0.25, 0.3) is 0 Å². The highest BCUT2D eigenvalue weighted by Crippen LogP contribution is 2.23. The predicted molar refractivity (Wildman–Crippen MR) is 52.3 cm³/mol. The van der Waals surface area contributed by atoms with Crippen LogP contribution in [-0.4, -0.2) is 48.1 Å². The third-order valence-electron chi connectivity index (χ3n) is 3.01. The molecule has 2 heterocycles. The number of ether oxygens (including phenoxy) is 1. The van der Waals surface area contributed by atoms with E-state index in [-0.39, 0.29) is 0 Å². The molecule has 1 atom stereocenters. The fourth-order valence-corrected chi connectivity index (χ4v) is 2.09. The average Bonchev–Trinajstić information content (AvgIpc) is 2.47. The maximum Gasteiger partial charge on any atom is 0.182 e.